The molecule has 0 N–H and O–H groups in total. The molecule has 0 aliphatic carbocycles. The lowest BCUT2D eigenvalue weighted by Gasteiger charge is -2.18. The van der Waals surface area contributed by atoms with Gasteiger partial charge in [0.05, 0.1) is 8.22 Å². The van der Waals surface area contributed by atoms with Crippen LogP contribution < -0.4 is 0 Å². The molecular weight excluding hydrogens is 496 g/mol. The van der Waals surface area contributed by atoms with Gasteiger partial charge in [-0.2, -0.15) is 0 Å². The molecule has 9 aromatic rings. The molecule has 1 heterocycles. The van der Waals surface area contributed by atoms with Gasteiger partial charge in [-0.1, -0.05) is 127 Å². The minimum absolute atomic E-state index is 0.0249. The second-order valence-electron chi connectivity index (χ2n) is 10.4. The number of furan rings is 1. The summed E-state index contributed by atoms with van der Waals surface area (Å²) in [5, 5.41) is 8.00. The van der Waals surface area contributed by atoms with E-state index in [0.717, 1.165) is 43.8 Å². The van der Waals surface area contributed by atoms with Crippen molar-refractivity contribution >= 4 is 65.0 Å². The van der Waals surface area contributed by atoms with E-state index < -0.39 is 6.04 Å². The average molecular weight is 527 g/mol. The molecule has 0 amide bonds. The predicted molar refractivity (Wildman–Crippen MR) is 175 cm³/mol. The molecule has 0 atom stereocenters. The maximum absolute atomic E-state index is 8.81. The average Bonchev–Trinajstić information content (AvgIpc) is 3.49. The Morgan fingerprint density at radius 1 is 0.439 bits per heavy atom. The smallest absolute Gasteiger partial charge is 0.136 e. The Hall–Kier alpha value is -5.40. The minimum Gasteiger partial charge on any atom is -0.456 e. The fraction of sp³-hybridized carbons (Fsp3) is 0. The van der Waals surface area contributed by atoms with E-state index in [9.17, 15) is 0 Å². The van der Waals surface area contributed by atoms with Crippen LogP contribution in [0.4, 0.5) is 0 Å². The van der Waals surface area contributed by atoms with Gasteiger partial charge in [-0.15, -0.1) is 0 Å². The second kappa shape index (κ2) is 8.55. The van der Waals surface area contributed by atoms with E-state index in [2.05, 4.69) is 78.9 Å². The summed E-state index contributed by atoms with van der Waals surface area (Å²) in [6.45, 7) is 0. The molecule has 0 saturated carbocycles. The third-order valence-corrected chi connectivity index (χ3v) is 8.21. The number of hydrogen-bond donors (Lipinski definition) is 0. The van der Waals surface area contributed by atoms with Crippen molar-refractivity contribution in [2.45, 2.75) is 0 Å². The quantitative estimate of drug-likeness (QED) is 0.204. The van der Waals surface area contributed by atoms with Crippen LogP contribution in [0.25, 0.3) is 87.3 Å². The summed E-state index contributed by atoms with van der Waals surface area (Å²) in [4.78, 5) is 0. The summed E-state index contributed by atoms with van der Waals surface area (Å²) < 4.78 is 57.6. The van der Waals surface area contributed by atoms with E-state index >= 15 is 0 Å². The van der Waals surface area contributed by atoms with E-state index in [1.165, 1.54) is 10.8 Å². The molecule has 9 rings (SSSR count). The molecule has 8 aromatic carbocycles. The van der Waals surface area contributed by atoms with Crippen molar-refractivity contribution in [3.05, 3.63) is 145 Å². The maximum atomic E-state index is 8.81. The van der Waals surface area contributed by atoms with Crippen molar-refractivity contribution in [1.29, 1.82) is 0 Å². The van der Waals surface area contributed by atoms with Crippen molar-refractivity contribution in [2.24, 2.45) is 0 Å². The molecule has 1 nitrogen and oxygen atoms in total. The zero-order chi connectivity index (χ0) is 32.1. The Morgan fingerprint density at radius 2 is 1.10 bits per heavy atom. The first-order valence-electron chi connectivity index (χ1n) is 16.6. The third kappa shape index (κ3) is 3.24. The van der Waals surface area contributed by atoms with Gasteiger partial charge in [0.1, 0.15) is 11.2 Å². The van der Waals surface area contributed by atoms with Crippen LogP contribution in [0.2, 0.25) is 0 Å². The Morgan fingerprint density at radius 3 is 1.88 bits per heavy atom. The second-order valence-corrected chi connectivity index (χ2v) is 10.4. The molecule has 0 fully saturated rings. The Kier molecular flexibility index (Phi) is 3.61. The van der Waals surface area contributed by atoms with Gasteiger partial charge in [0.25, 0.3) is 0 Å². The first kappa shape index (κ1) is 17.3. The minimum atomic E-state index is -0.424. The van der Waals surface area contributed by atoms with E-state index in [1.807, 2.05) is 30.3 Å². The SMILES string of the molecule is [2H]c1c([2H])c([2H])c2c(c1[2H])c([2H])c([2H])c1oc3ccc(-c4c5ccccc5c(-c5cccc6ccccc56)c5ccccc45)cc3c12. The first-order valence-corrected chi connectivity index (χ1v) is 13.6. The van der Waals surface area contributed by atoms with Crippen LogP contribution >= 0.6 is 0 Å². The number of benzene rings is 8. The van der Waals surface area contributed by atoms with Gasteiger partial charge in [-0.3, -0.25) is 0 Å². The van der Waals surface area contributed by atoms with Crippen LogP contribution in [0, 0.1) is 0 Å². The first-order chi connectivity index (χ1) is 22.8. The van der Waals surface area contributed by atoms with Gasteiger partial charge >= 0.3 is 0 Å². The lowest BCUT2D eigenvalue weighted by Crippen LogP contribution is -1.91. The Balaban J connectivity index is 1.43. The van der Waals surface area contributed by atoms with Crippen LogP contribution in [0.5, 0.6) is 0 Å². The van der Waals surface area contributed by atoms with Gasteiger partial charge < -0.3 is 4.42 Å². The molecule has 0 bridgehead atoms. The summed E-state index contributed by atoms with van der Waals surface area (Å²) in [5.41, 5.74) is 4.89. The Labute approximate surface area is 245 Å². The maximum Gasteiger partial charge on any atom is 0.136 e. The fourth-order valence-corrected chi connectivity index (χ4v) is 6.48. The van der Waals surface area contributed by atoms with Crippen LogP contribution in [-0.4, -0.2) is 0 Å². The standard InChI is InChI=1S/C40H24O/c1-3-13-28-25(10-1)12-9-19-30(28)39-33-17-7-5-15-31(33)38(32-16-6-8-18-34(32)39)27-21-22-36-35(24-27)40-29-14-4-2-11-26(29)20-23-37(40)41-36/h1-24H/i2D,4D,11D,14D,20D,23D. The molecule has 0 aliphatic heterocycles. The highest BCUT2D eigenvalue weighted by Crippen LogP contribution is 2.46. The normalized spacial score (nSPS) is 14.0. The van der Waals surface area contributed by atoms with E-state index in [4.69, 9.17) is 12.6 Å². The summed E-state index contributed by atoms with van der Waals surface area (Å²) in [7, 11) is 0. The molecule has 1 aromatic heterocycles. The van der Waals surface area contributed by atoms with Crippen molar-refractivity contribution in [3.8, 4) is 22.3 Å². The molecule has 0 spiro atoms. The topological polar surface area (TPSA) is 13.1 Å². The molecule has 190 valence electrons. The molecule has 0 saturated heterocycles. The van der Waals surface area contributed by atoms with Crippen molar-refractivity contribution < 1.29 is 12.6 Å². The van der Waals surface area contributed by atoms with E-state index in [-0.39, 0.29) is 46.6 Å². The molecular formula is C40H24O. The van der Waals surface area contributed by atoms with Crippen LogP contribution in [0.15, 0.2) is 150 Å². The molecule has 0 unspecified atom stereocenters. The lowest BCUT2D eigenvalue weighted by molar-refractivity contribution is 0.669. The monoisotopic (exact) mass is 526 g/mol. The van der Waals surface area contributed by atoms with Crippen molar-refractivity contribution in [3.63, 3.8) is 0 Å². The third-order valence-electron chi connectivity index (χ3n) is 8.21. The van der Waals surface area contributed by atoms with Gasteiger partial charge in [-0.05, 0) is 83.5 Å². The largest absolute Gasteiger partial charge is 0.456 e. The summed E-state index contributed by atoms with van der Waals surface area (Å²) in [6, 6.07) is 35.7. The van der Waals surface area contributed by atoms with Gasteiger partial charge in [0, 0.05) is 10.8 Å². The molecule has 41 heavy (non-hydrogen) atoms. The van der Waals surface area contributed by atoms with Gasteiger partial charge in [0.15, 0.2) is 0 Å². The molecule has 1 heteroatoms. The summed E-state index contributed by atoms with van der Waals surface area (Å²) >= 11 is 0. The highest BCUT2D eigenvalue weighted by atomic mass is 16.3. The lowest BCUT2D eigenvalue weighted by atomic mass is 9.84. The zero-order valence-corrected chi connectivity index (χ0v) is 21.8. The number of hydrogen-bond acceptors (Lipinski definition) is 1. The molecule has 0 radical (unpaired) electrons. The highest BCUT2D eigenvalue weighted by Gasteiger charge is 2.19. The fourth-order valence-electron chi connectivity index (χ4n) is 6.48. The number of fused-ring (bicyclic) bond motifs is 8. The van der Waals surface area contributed by atoms with Crippen molar-refractivity contribution in [1.82, 2.24) is 0 Å². The van der Waals surface area contributed by atoms with Crippen molar-refractivity contribution in [2.75, 3.05) is 0 Å². The van der Waals surface area contributed by atoms with Crippen LogP contribution in [0.1, 0.15) is 8.22 Å². The number of rotatable bonds is 2. The summed E-state index contributed by atoms with van der Waals surface area (Å²) in [5.74, 6) is 0. The van der Waals surface area contributed by atoms with Gasteiger partial charge in [-0.25, -0.2) is 0 Å². The Bertz CT molecular complexity index is 2750. The summed E-state index contributed by atoms with van der Waals surface area (Å²) in [6.07, 6.45) is 0. The van der Waals surface area contributed by atoms with E-state index in [1.54, 1.807) is 0 Å². The predicted octanol–water partition coefficient (Wildman–Crippen LogP) is 11.5. The zero-order valence-electron chi connectivity index (χ0n) is 27.8. The van der Waals surface area contributed by atoms with Crippen LogP contribution in [0.3, 0.4) is 0 Å². The van der Waals surface area contributed by atoms with Gasteiger partial charge in [0.2, 0.25) is 0 Å². The van der Waals surface area contributed by atoms with Crippen LogP contribution in [-0.2, 0) is 0 Å². The van der Waals surface area contributed by atoms with E-state index in [0.29, 0.717) is 16.4 Å². The highest BCUT2D eigenvalue weighted by molar-refractivity contribution is 6.25. The molecule has 0 aliphatic rings.